The molecule has 0 radical (unpaired) electrons. The van der Waals surface area contributed by atoms with Crippen molar-refractivity contribution >= 4 is 24.0 Å². The summed E-state index contributed by atoms with van der Waals surface area (Å²) in [6, 6.07) is 6.96. The highest BCUT2D eigenvalue weighted by atomic mass is 35.5. The van der Waals surface area contributed by atoms with E-state index in [0.29, 0.717) is 5.92 Å². The van der Waals surface area contributed by atoms with Gasteiger partial charge in [0, 0.05) is 17.2 Å². The predicted molar refractivity (Wildman–Crippen MR) is 97.2 cm³/mol. The van der Waals surface area contributed by atoms with Gasteiger partial charge in [0.25, 0.3) is 0 Å². The second-order valence-electron chi connectivity index (χ2n) is 7.25. The average molecular weight is 350 g/mol. The fraction of sp³-hybridized carbons (Fsp3) is 0.444. The van der Waals surface area contributed by atoms with Crippen molar-refractivity contribution in [3.63, 3.8) is 0 Å². The average Bonchev–Trinajstić information content (AvgIpc) is 3.24. The van der Waals surface area contributed by atoms with E-state index in [1.54, 1.807) is 6.20 Å². The SMILES string of the molecule is CC(C)(C)[C@H](N)C(=O)Nc1ccc(-c2cnc(C3CC3)o2)cc1.Cl. The lowest BCUT2D eigenvalue weighted by molar-refractivity contribution is -0.119. The molecule has 0 spiro atoms. The van der Waals surface area contributed by atoms with Gasteiger partial charge in [0.15, 0.2) is 11.7 Å². The number of carbonyl (C=O) groups is 1. The van der Waals surface area contributed by atoms with Gasteiger partial charge < -0.3 is 15.5 Å². The van der Waals surface area contributed by atoms with E-state index < -0.39 is 6.04 Å². The molecule has 1 aliphatic rings. The number of amides is 1. The Morgan fingerprint density at radius 3 is 2.46 bits per heavy atom. The lowest BCUT2D eigenvalue weighted by Crippen LogP contribution is -2.45. The maximum Gasteiger partial charge on any atom is 0.241 e. The van der Waals surface area contributed by atoms with Gasteiger partial charge in [-0.15, -0.1) is 12.4 Å². The van der Waals surface area contributed by atoms with Gasteiger partial charge in [0.1, 0.15) is 0 Å². The zero-order valence-corrected chi connectivity index (χ0v) is 15.0. The van der Waals surface area contributed by atoms with E-state index in [1.165, 1.54) is 12.8 Å². The molecule has 2 aromatic rings. The lowest BCUT2D eigenvalue weighted by Gasteiger charge is -2.25. The van der Waals surface area contributed by atoms with Gasteiger partial charge in [-0.05, 0) is 42.5 Å². The Morgan fingerprint density at radius 2 is 1.92 bits per heavy atom. The van der Waals surface area contributed by atoms with Crippen molar-refractivity contribution in [1.82, 2.24) is 4.98 Å². The lowest BCUT2D eigenvalue weighted by atomic mass is 9.87. The second kappa shape index (κ2) is 6.95. The van der Waals surface area contributed by atoms with E-state index >= 15 is 0 Å². The molecule has 1 aliphatic carbocycles. The number of hydrogen-bond acceptors (Lipinski definition) is 4. The molecule has 5 nitrogen and oxygen atoms in total. The molecule has 3 rings (SSSR count). The molecule has 1 fully saturated rings. The minimum atomic E-state index is -0.558. The van der Waals surface area contributed by atoms with Gasteiger partial charge in [0.05, 0.1) is 12.2 Å². The first kappa shape index (κ1) is 18.5. The number of nitrogens with two attached hydrogens (primary N) is 1. The summed E-state index contributed by atoms with van der Waals surface area (Å²) >= 11 is 0. The van der Waals surface area contributed by atoms with Gasteiger partial charge in [-0.3, -0.25) is 4.79 Å². The third-order valence-electron chi connectivity index (χ3n) is 4.10. The highest BCUT2D eigenvalue weighted by molar-refractivity contribution is 5.95. The molecule has 3 N–H and O–H groups in total. The van der Waals surface area contributed by atoms with E-state index in [4.69, 9.17) is 10.2 Å². The van der Waals surface area contributed by atoms with Crippen LogP contribution in [0.3, 0.4) is 0 Å². The zero-order valence-electron chi connectivity index (χ0n) is 14.2. The molecule has 0 saturated heterocycles. The van der Waals surface area contributed by atoms with Crippen LogP contribution in [-0.2, 0) is 4.79 Å². The van der Waals surface area contributed by atoms with Crippen LogP contribution in [0.1, 0.15) is 45.4 Å². The predicted octanol–water partition coefficient (Wildman–Crippen LogP) is 3.95. The van der Waals surface area contributed by atoms with Crippen molar-refractivity contribution in [1.29, 1.82) is 0 Å². The number of oxazole rings is 1. The van der Waals surface area contributed by atoms with E-state index in [-0.39, 0.29) is 23.7 Å². The Labute approximate surface area is 148 Å². The Bertz CT molecular complexity index is 700. The first-order chi connectivity index (χ1) is 10.8. The summed E-state index contributed by atoms with van der Waals surface area (Å²) in [4.78, 5) is 16.5. The molecule has 0 aliphatic heterocycles. The number of halogens is 1. The summed E-state index contributed by atoms with van der Waals surface area (Å²) in [6.07, 6.45) is 4.09. The number of rotatable bonds is 4. The molecule has 24 heavy (non-hydrogen) atoms. The summed E-state index contributed by atoms with van der Waals surface area (Å²) in [5, 5.41) is 2.85. The largest absolute Gasteiger partial charge is 0.440 e. The summed E-state index contributed by atoms with van der Waals surface area (Å²) in [6.45, 7) is 5.84. The standard InChI is InChI=1S/C18H23N3O2.ClH/c1-18(2,3)15(19)16(22)21-13-8-6-11(7-9-13)14-10-20-17(23-14)12-4-5-12;/h6-10,12,15H,4-5,19H2,1-3H3,(H,21,22);1H/t15-;/m1./s1. The van der Waals surface area contributed by atoms with Gasteiger partial charge in [-0.2, -0.15) is 0 Å². The van der Waals surface area contributed by atoms with E-state index in [9.17, 15) is 4.79 Å². The van der Waals surface area contributed by atoms with Crippen molar-refractivity contribution in [2.75, 3.05) is 5.32 Å². The molecule has 1 atom stereocenters. The van der Waals surface area contributed by atoms with Crippen LogP contribution in [-0.4, -0.2) is 16.9 Å². The van der Waals surface area contributed by atoms with Crippen molar-refractivity contribution in [3.05, 3.63) is 36.4 Å². The molecular weight excluding hydrogens is 326 g/mol. The van der Waals surface area contributed by atoms with Gasteiger partial charge in [-0.1, -0.05) is 20.8 Å². The van der Waals surface area contributed by atoms with E-state index in [2.05, 4.69) is 10.3 Å². The van der Waals surface area contributed by atoms with E-state index in [0.717, 1.165) is 22.9 Å². The zero-order chi connectivity index (χ0) is 16.6. The summed E-state index contributed by atoms with van der Waals surface area (Å²) in [5.74, 6) is 1.91. The van der Waals surface area contributed by atoms with Gasteiger partial charge >= 0.3 is 0 Å². The van der Waals surface area contributed by atoms with Crippen molar-refractivity contribution in [2.24, 2.45) is 11.1 Å². The minimum Gasteiger partial charge on any atom is -0.440 e. The Morgan fingerprint density at radius 1 is 1.29 bits per heavy atom. The van der Waals surface area contributed by atoms with Crippen LogP contribution in [0.25, 0.3) is 11.3 Å². The second-order valence-corrected chi connectivity index (χ2v) is 7.25. The molecule has 1 aromatic heterocycles. The smallest absolute Gasteiger partial charge is 0.241 e. The van der Waals surface area contributed by atoms with Crippen molar-refractivity contribution in [2.45, 2.75) is 45.6 Å². The molecule has 1 amide bonds. The summed E-state index contributed by atoms with van der Waals surface area (Å²) < 4.78 is 5.78. The van der Waals surface area contributed by atoms with Gasteiger partial charge in [-0.25, -0.2) is 4.98 Å². The van der Waals surface area contributed by atoms with Crippen LogP contribution in [0.5, 0.6) is 0 Å². The van der Waals surface area contributed by atoms with Gasteiger partial charge in [0.2, 0.25) is 5.91 Å². The molecule has 1 heterocycles. The number of aromatic nitrogens is 1. The molecular formula is C18H24ClN3O2. The molecule has 1 saturated carbocycles. The highest BCUT2D eigenvalue weighted by Gasteiger charge is 2.29. The van der Waals surface area contributed by atoms with E-state index in [1.807, 2.05) is 45.0 Å². The fourth-order valence-electron chi connectivity index (χ4n) is 2.27. The van der Waals surface area contributed by atoms with Crippen molar-refractivity contribution in [3.8, 4) is 11.3 Å². The molecule has 0 bridgehead atoms. The number of nitrogens with one attached hydrogen (secondary N) is 1. The van der Waals surface area contributed by atoms with Crippen LogP contribution < -0.4 is 11.1 Å². The Kier molecular flexibility index (Phi) is 5.35. The molecule has 6 heteroatoms. The highest BCUT2D eigenvalue weighted by Crippen LogP contribution is 2.40. The Hall–Kier alpha value is -1.85. The fourth-order valence-corrected chi connectivity index (χ4v) is 2.27. The normalized spacial score (nSPS) is 15.5. The number of anilines is 1. The summed E-state index contributed by atoms with van der Waals surface area (Å²) in [7, 11) is 0. The maximum absolute atomic E-state index is 12.1. The summed E-state index contributed by atoms with van der Waals surface area (Å²) in [5.41, 5.74) is 7.36. The number of hydrogen-bond donors (Lipinski definition) is 2. The Balaban J connectivity index is 0.00000208. The quantitative estimate of drug-likeness (QED) is 0.875. The van der Waals surface area contributed by atoms with Crippen LogP contribution in [0.2, 0.25) is 0 Å². The number of carbonyl (C=O) groups excluding carboxylic acids is 1. The van der Waals surface area contributed by atoms with Crippen LogP contribution in [0, 0.1) is 5.41 Å². The number of benzene rings is 1. The molecule has 0 unspecified atom stereocenters. The first-order valence-corrected chi connectivity index (χ1v) is 7.97. The maximum atomic E-state index is 12.1. The van der Waals surface area contributed by atoms with Crippen molar-refractivity contribution < 1.29 is 9.21 Å². The van der Waals surface area contributed by atoms with Crippen LogP contribution in [0.4, 0.5) is 5.69 Å². The third kappa shape index (κ3) is 4.16. The molecule has 130 valence electrons. The third-order valence-corrected chi connectivity index (χ3v) is 4.10. The minimum absolute atomic E-state index is 0. The topological polar surface area (TPSA) is 81.2 Å². The number of nitrogens with zero attached hydrogens (tertiary/aromatic N) is 1. The van der Waals surface area contributed by atoms with Crippen LogP contribution >= 0.6 is 12.4 Å². The monoisotopic (exact) mass is 349 g/mol. The molecule has 1 aromatic carbocycles. The van der Waals surface area contributed by atoms with Crippen LogP contribution in [0.15, 0.2) is 34.9 Å². The first-order valence-electron chi connectivity index (χ1n) is 7.97.